The summed E-state index contributed by atoms with van der Waals surface area (Å²) < 4.78 is 27.8. The van der Waals surface area contributed by atoms with Crippen molar-refractivity contribution in [1.82, 2.24) is 4.98 Å². The molecule has 1 aromatic heterocycles. The summed E-state index contributed by atoms with van der Waals surface area (Å²) in [6, 6.07) is 8.77. The Kier molecular flexibility index (Phi) is 4.34. The van der Waals surface area contributed by atoms with Gasteiger partial charge in [0.2, 0.25) is 0 Å². The van der Waals surface area contributed by atoms with Crippen molar-refractivity contribution in [2.45, 2.75) is 4.90 Å². The molecule has 0 amide bonds. The van der Waals surface area contributed by atoms with Crippen LogP contribution < -0.4 is 5.11 Å². The van der Waals surface area contributed by atoms with Gasteiger partial charge in [-0.15, -0.1) is 5.69 Å². The number of nitrogens with zero attached hydrogens (tertiary/aromatic N) is 2. The molecular formula is C14H10N2O4S-2. The molecule has 0 saturated carbocycles. The Balaban J connectivity index is 2.19. The van der Waals surface area contributed by atoms with Gasteiger partial charge in [-0.1, -0.05) is 24.3 Å². The molecule has 0 unspecified atom stereocenters. The second kappa shape index (κ2) is 6.19. The lowest BCUT2D eigenvalue weighted by molar-refractivity contribution is -0.297. The van der Waals surface area contributed by atoms with Gasteiger partial charge in [-0.25, -0.2) is 8.42 Å². The Hall–Kier alpha value is -2.67. The monoisotopic (exact) mass is 302 g/mol. The first-order valence-corrected chi connectivity index (χ1v) is 7.28. The molecule has 7 heteroatoms. The number of sulfonamides is 1. The zero-order valence-electron chi connectivity index (χ0n) is 10.7. The van der Waals surface area contributed by atoms with Gasteiger partial charge >= 0.3 is 0 Å². The quantitative estimate of drug-likeness (QED) is 0.773. The Morgan fingerprint density at radius 1 is 1.19 bits per heavy atom. The van der Waals surface area contributed by atoms with Crippen molar-refractivity contribution >= 4 is 27.8 Å². The van der Waals surface area contributed by atoms with Crippen LogP contribution >= 0.6 is 0 Å². The average Bonchev–Trinajstić information content (AvgIpc) is 2.46. The van der Waals surface area contributed by atoms with Crippen molar-refractivity contribution in [3.8, 4) is 0 Å². The molecule has 6 nitrogen and oxygen atoms in total. The third kappa shape index (κ3) is 4.15. The number of carboxylic acid groups (broad SMARTS) is 1. The lowest BCUT2D eigenvalue weighted by Gasteiger charge is -2.21. The van der Waals surface area contributed by atoms with Crippen LogP contribution in [0.25, 0.3) is 10.8 Å². The number of aromatic nitrogens is 1. The zero-order valence-corrected chi connectivity index (χ0v) is 11.5. The number of hydrogen-bond acceptors (Lipinski definition) is 5. The Morgan fingerprint density at radius 3 is 2.48 bits per heavy atom. The maximum Gasteiger partial charge on any atom is 0.123 e. The Labute approximate surface area is 121 Å². The third-order valence-corrected chi connectivity index (χ3v) is 3.78. The minimum atomic E-state index is -3.83. The summed E-state index contributed by atoms with van der Waals surface area (Å²) in [6.07, 6.45) is 5.03. The highest BCUT2D eigenvalue weighted by atomic mass is 32.2. The largest absolute Gasteiger partial charge is 0.571 e. The van der Waals surface area contributed by atoms with Gasteiger partial charge in [0.05, 0.1) is 10.9 Å². The SMILES string of the molecule is O=C([O-])C=Cc1ccc(S(=O)(=O)[N-]c2cccnc2)cc1. The molecule has 1 aromatic carbocycles. The smallest absolute Gasteiger partial charge is 0.123 e. The summed E-state index contributed by atoms with van der Waals surface area (Å²) in [5.41, 5.74) is 0.776. The van der Waals surface area contributed by atoms with Gasteiger partial charge in [-0.2, -0.15) is 0 Å². The molecular weight excluding hydrogens is 292 g/mol. The average molecular weight is 302 g/mol. The van der Waals surface area contributed by atoms with Crippen LogP contribution in [0.15, 0.2) is 59.8 Å². The minimum Gasteiger partial charge on any atom is -0.571 e. The fourth-order valence-electron chi connectivity index (χ4n) is 1.51. The van der Waals surface area contributed by atoms with Gasteiger partial charge in [0.1, 0.15) is 10.0 Å². The second-order valence-corrected chi connectivity index (χ2v) is 5.60. The lowest BCUT2D eigenvalue weighted by Crippen LogP contribution is -2.18. The van der Waals surface area contributed by atoms with E-state index in [4.69, 9.17) is 0 Å². The lowest BCUT2D eigenvalue weighted by atomic mass is 10.2. The minimum absolute atomic E-state index is 0.0111. The number of pyridine rings is 1. The van der Waals surface area contributed by atoms with Crippen molar-refractivity contribution in [1.29, 1.82) is 0 Å². The Bertz CT molecular complexity index is 753. The van der Waals surface area contributed by atoms with Gasteiger partial charge in [-0.3, -0.25) is 4.98 Å². The first-order chi connectivity index (χ1) is 9.97. The molecule has 0 bridgehead atoms. The topological polar surface area (TPSA) is 101 Å². The number of benzene rings is 1. The first-order valence-electron chi connectivity index (χ1n) is 5.84. The molecule has 0 atom stereocenters. The summed E-state index contributed by atoms with van der Waals surface area (Å²) in [4.78, 5) is 14.1. The summed E-state index contributed by atoms with van der Waals surface area (Å²) >= 11 is 0. The highest BCUT2D eigenvalue weighted by Crippen LogP contribution is 2.26. The summed E-state index contributed by atoms with van der Waals surface area (Å²) in [7, 11) is -3.83. The van der Waals surface area contributed by atoms with Crippen molar-refractivity contribution < 1.29 is 18.3 Å². The number of aliphatic carboxylic acids is 1. The predicted octanol–water partition coefficient (Wildman–Crippen LogP) is 1.24. The molecule has 0 aliphatic carbocycles. The van der Waals surface area contributed by atoms with Crippen LogP contribution in [-0.2, 0) is 14.8 Å². The summed E-state index contributed by atoms with van der Waals surface area (Å²) in [5.74, 6) is -1.32. The molecule has 2 rings (SSSR count). The van der Waals surface area contributed by atoms with Crippen LogP contribution in [0.4, 0.5) is 5.69 Å². The molecule has 0 radical (unpaired) electrons. The Morgan fingerprint density at radius 2 is 1.90 bits per heavy atom. The van der Waals surface area contributed by atoms with E-state index < -0.39 is 16.0 Å². The highest BCUT2D eigenvalue weighted by molar-refractivity contribution is 7.94. The van der Waals surface area contributed by atoms with Crippen molar-refractivity contribution in [2.24, 2.45) is 0 Å². The van der Waals surface area contributed by atoms with Crippen LogP contribution in [0.1, 0.15) is 5.56 Å². The molecule has 0 aliphatic rings. The predicted molar refractivity (Wildman–Crippen MR) is 74.9 cm³/mol. The van der Waals surface area contributed by atoms with E-state index >= 15 is 0 Å². The molecule has 108 valence electrons. The van der Waals surface area contributed by atoms with Gasteiger partial charge in [0.15, 0.2) is 0 Å². The van der Waals surface area contributed by atoms with E-state index in [0.29, 0.717) is 5.56 Å². The van der Waals surface area contributed by atoms with E-state index in [1.807, 2.05) is 0 Å². The van der Waals surface area contributed by atoms with E-state index in [2.05, 4.69) is 9.71 Å². The van der Waals surface area contributed by atoms with Gasteiger partial charge < -0.3 is 14.6 Å². The van der Waals surface area contributed by atoms with Gasteiger partial charge in [0.25, 0.3) is 0 Å². The molecule has 0 saturated heterocycles. The van der Waals surface area contributed by atoms with Crippen LogP contribution in [0.3, 0.4) is 0 Å². The van der Waals surface area contributed by atoms with E-state index in [9.17, 15) is 18.3 Å². The number of rotatable bonds is 5. The number of carbonyl (C=O) groups excluding carboxylic acids is 1. The van der Waals surface area contributed by atoms with E-state index in [0.717, 1.165) is 6.08 Å². The molecule has 21 heavy (non-hydrogen) atoms. The fourth-order valence-corrected chi connectivity index (χ4v) is 2.49. The van der Waals surface area contributed by atoms with Crippen LogP contribution in [-0.4, -0.2) is 19.4 Å². The third-order valence-electron chi connectivity index (χ3n) is 2.46. The van der Waals surface area contributed by atoms with E-state index in [-0.39, 0.29) is 10.6 Å². The molecule has 2 aromatic rings. The van der Waals surface area contributed by atoms with Crippen molar-refractivity contribution in [3.63, 3.8) is 0 Å². The highest BCUT2D eigenvalue weighted by Gasteiger charge is 2.04. The number of carboxylic acids is 1. The molecule has 0 N–H and O–H groups in total. The van der Waals surface area contributed by atoms with Crippen LogP contribution in [0, 0.1) is 0 Å². The normalized spacial score (nSPS) is 11.4. The molecule has 0 spiro atoms. The van der Waals surface area contributed by atoms with Gasteiger partial charge in [0, 0.05) is 12.4 Å². The maximum atomic E-state index is 12.1. The first kappa shape index (κ1) is 14.7. The molecule has 0 fully saturated rings. The van der Waals surface area contributed by atoms with Crippen molar-refractivity contribution in [2.75, 3.05) is 0 Å². The molecule has 1 heterocycles. The maximum absolute atomic E-state index is 12.1. The number of carbonyl (C=O) groups is 1. The van der Waals surface area contributed by atoms with Crippen LogP contribution in [0.5, 0.6) is 0 Å². The second-order valence-electron chi connectivity index (χ2n) is 4.00. The summed E-state index contributed by atoms with van der Waals surface area (Å²) in [5, 5.41) is 10.3. The summed E-state index contributed by atoms with van der Waals surface area (Å²) in [6.45, 7) is 0. The van der Waals surface area contributed by atoms with Crippen molar-refractivity contribution in [3.05, 3.63) is 65.2 Å². The zero-order chi connectivity index (χ0) is 15.3. The number of hydrogen-bond donors (Lipinski definition) is 0. The standard InChI is InChI=1S/C14H11N2O4S/c17-14(18)8-5-11-3-6-13(7-4-11)21(19,20)16-12-2-1-9-15-10-12/h1-10H,(H,17,18)/q-1/p-1. The van der Waals surface area contributed by atoms with Gasteiger partial charge in [-0.05, 0) is 29.8 Å². The van der Waals surface area contributed by atoms with E-state index in [1.54, 1.807) is 6.07 Å². The van der Waals surface area contributed by atoms with Crippen LogP contribution in [0.2, 0.25) is 0 Å². The molecule has 0 aliphatic heterocycles. The fraction of sp³-hybridized carbons (Fsp3) is 0. The van der Waals surface area contributed by atoms with E-state index in [1.165, 1.54) is 48.8 Å².